The SMILES string of the molecule is CC(C)(C)C12CC3CC(CC(PC(PC45CC6CC(C4)CC(C(C)(C)C)(C6)C5)c4ccccc4CP(c4cc[nH]c4)c4cc[nH]c4)(C3)C1)C2. The molecular formula is C44H63N2P3. The Hall–Kier alpha value is -0.930. The summed E-state index contributed by atoms with van der Waals surface area (Å²) in [4.78, 5) is 6.81. The van der Waals surface area contributed by atoms with Crippen molar-refractivity contribution >= 4 is 35.7 Å². The van der Waals surface area contributed by atoms with Crippen molar-refractivity contribution in [2.45, 2.75) is 140 Å². The van der Waals surface area contributed by atoms with Gasteiger partial charge in [0.15, 0.2) is 0 Å². The molecule has 5 heteroatoms. The summed E-state index contributed by atoms with van der Waals surface area (Å²) >= 11 is 0. The summed E-state index contributed by atoms with van der Waals surface area (Å²) < 4.78 is 0. The fourth-order valence-corrected chi connectivity index (χ4v) is 22.8. The van der Waals surface area contributed by atoms with Crippen LogP contribution >= 0.6 is 25.1 Å². The standard InChI is InChI=1S/C44H63N2P3/c1-39(2,3)41-17-30-15-31(18-41)22-43(21-30,28-41)47-38(48-44-23-32-16-33(24-44)20-42(19-32,29-44)40(4,5)6)37-10-8-7-9-34(37)27-49(35-11-13-45-25-35)36-12-14-46-26-36/h7-14,25-26,30-33,38,45-48H,15-24,27-29H2,1-6H3. The van der Waals surface area contributed by atoms with Crippen LogP contribution in [0, 0.1) is 45.3 Å². The fraction of sp³-hybridized carbons (Fsp3) is 0.682. The Bertz CT molecular complexity index is 1520. The van der Waals surface area contributed by atoms with Gasteiger partial charge in [-0.3, -0.25) is 0 Å². The van der Waals surface area contributed by atoms with E-state index in [-0.39, 0.29) is 0 Å². The smallest absolute Gasteiger partial charge is 0.0199 e. The molecular weight excluding hydrogens is 649 g/mol. The zero-order valence-corrected chi connectivity index (χ0v) is 34.2. The number of aromatic nitrogens is 2. The lowest BCUT2D eigenvalue weighted by atomic mass is 9.43. The second kappa shape index (κ2) is 11.8. The van der Waals surface area contributed by atoms with E-state index in [1.807, 2.05) is 0 Å². The van der Waals surface area contributed by atoms with E-state index in [9.17, 15) is 0 Å². The summed E-state index contributed by atoms with van der Waals surface area (Å²) in [5.41, 5.74) is 5.37. The van der Waals surface area contributed by atoms with E-state index in [4.69, 9.17) is 0 Å². The van der Waals surface area contributed by atoms with Gasteiger partial charge in [0.25, 0.3) is 0 Å². The molecule has 8 aliphatic carbocycles. The molecule has 3 aromatic rings. The molecule has 2 heterocycles. The number of benzene rings is 1. The molecule has 2 aromatic heterocycles. The first kappa shape index (κ1) is 33.9. The predicted molar refractivity (Wildman–Crippen MR) is 216 cm³/mol. The molecule has 8 bridgehead atoms. The summed E-state index contributed by atoms with van der Waals surface area (Å²) in [6, 6.07) is 14.7. The van der Waals surface area contributed by atoms with Crippen LogP contribution in [-0.4, -0.2) is 20.3 Å². The molecule has 8 fully saturated rings. The van der Waals surface area contributed by atoms with Crippen molar-refractivity contribution in [3.8, 4) is 0 Å². The van der Waals surface area contributed by atoms with Crippen molar-refractivity contribution in [1.29, 1.82) is 0 Å². The van der Waals surface area contributed by atoms with Crippen molar-refractivity contribution in [2.24, 2.45) is 45.3 Å². The van der Waals surface area contributed by atoms with Gasteiger partial charge in [0.05, 0.1) is 0 Å². The van der Waals surface area contributed by atoms with Crippen molar-refractivity contribution in [3.05, 3.63) is 72.3 Å². The molecule has 0 amide bonds. The number of hydrogen-bond donors (Lipinski definition) is 2. The molecule has 49 heavy (non-hydrogen) atoms. The van der Waals surface area contributed by atoms with Gasteiger partial charge in [0.1, 0.15) is 0 Å². The lowest BCUT2D eigenvalue weighted by molar-refractivity contribution is -0.103. The Balaban J connectivity index is 1.12. The molecule has 11 rings (SSSR count). The third kappa shape index (κ3) is 5.83. The summed E-state index contributed by atoms with van der Waals surface area (Å²) in [6.07, 6.45) is 28.3. The van der Waals surface area contributed by atoms with Crippen LogP contribution < -0.4 is 10.6 Å². The Morgan fingerprint density at radius 3 is 1.51 bits per heavy atom. The van der Waals surface area contributed by atoms with Crippen molar-refractivity contribution in [3.63, 3.8) is 0 Å². The number of rotatable bonds is 9. The quantitative estimate of drug-likeness (QED) is 0.207. The Kier molecular flexibility index (Phi) is 8.15. The highest BCUT2D eigenvalue weighted by molar-refractivity contribution is 7.72. The van der Waals surface area contributed by atoms with E-state index >= 15 is 0 Å². The van der Waals surface area contributed by atoms with E-state index in [1.165, 1.54) is 87.7 Å². The molecule has 8 saturated carbocycles. The average Bonchev–Trinajstić information content (AvgIpc) is 3.73. The summed E-state index contributed by atoms with van der Waals surface area (Å²) in [7, 11) is 1.71. The topological polar surface area (TPSA) is 31.6 Å². The molecule has 1 aromatic carbocycles. The van der Waals surface area contributed by atoms with Gasteiger partial charge in [-0.15, -0.1) is 17.2 Å². The van der Waals surface area contributed by atoms with Crippen molar-refractivity contribution < 1.29 is 0 Å². The van der Waals surface area contributed by atoms with Crippen LogP contribution in [-0.2, 0) is 6.16 Å². The van der Waals surface area contributed by atoms with Gasteiger partial charge in [-0.25, -0.2) is 0 Å². The van der Waals surface area contributed by atoms with Crippen molar-refractivity contribution in [2.75, 3.05) is 0 Å². The number of H-pyrrole nitrogens is 2. The maximum Gasteiger partial charge on any atom is 0.0199 e. The fourth-order valence-electron chi connectivity index (χ4n) is 13.8. The van der Waals surface area contributed by atoms with E-state index in [0.717, 1.165) is 52.4 Å². The molecule has 6 unspecified atom stereocenters. The van der Waals surface area contributed by atoms with Crippen LogP contribution in [0.5, 0.6) is 0 Å². The first-order valence-corrected chi connectivity index (χ1v) is 23.6. The Morgan fingerprint density at radius 1 is 0.653 bits per heavy atom. The first-order chi connectivity index (χ1) is 23.3. The van der Waals surface area contributed by atoms with Gasteiger partial charge in [-0.1, -0.05) is 65.8 Å². The predicted octanol–water partition coefficient (Wildman–Crippen LogP) is 12.1. The monoisotopic (exact) mass is 712 g/mol. The minimum absolute atomic E-state index is 0.415. The second-order valence-corrected chi connectivity index (χ2v) is 27.3. The highest BCUT2D eigenvalue weighted by Crippen LogP contribution is 2.78. The molecule has 2 N–H and O–H groups in total. The van der Waals surface area contributed by atoms with Gasteiger partial charge in [0, 0.05) is 36.3 Å². The van der Waals surface area contributed by atoms with Gasteiger partial charge in [-0.05, 0) is 174 Å². The van der Waals surface area contributed by atoms with E-state index < -0.39 is 7.92 Å². The lowest BCUT2D eigenvalue weighted by Gasteiger charge is -2.68. The molecule has 2 nitrogen and oxygen atoms in total. The molecule has 8 aliphatic rings. The third-order valence-electron chi connectivity index (χ3n) is 15.7. The first-order valence-electron chi connectivity index (χ1n) is 19.9. The minimum Gasteiger partial charge on any atom is -0.367 e. The maximum atomic E-state index is 3.41. The summed E-state index contributed by atoms with van der Waals surface area (Å²) in [6.45, 7) is 15.6. The van der Waals surface area contributed by atoms with Crippen LogP contribution in [0.15, 0.2) is 61.2 Å². The lowest BCUT2D eigenvalue weighted by Crippen LogP contribution is -2.58. The molecule has 0 aliphatic heterocycles. The maximum absolute atomic E-state index is 3.41. The van der Waals surface area contributed by atoms with E-state index in [2.05, 4.69) is 113 Å². The molecule has 0 radical (unpaired) electrons. The van der Waals surface area contributed by atoms with E-state index in [0.29, 0.717) is 32.0 Å². The minimum atomic E-state index is -0.462. The third-order valence-corrected chi connectivity index (χ3v) is 22.6. The number of aromatic amines is 2. The van der Waals surface area contributed by atoms with Gasteiger partial charge < -0.3 is 9.97 Å². The normalized spacial score (nSPS) is 39.0. The van der Waals surface area contributed by atoms with Crippen LogP contribution in [0.4, 0.5) is 0 Å². The highest BCUT2D eigenvalue weighted by Gasteiger charge is 2.63. The van der Waals surface area contributed by atoms with Gasteiger partial charge in [0.2, 0.25) is 0 Å². The zero-order valence-electron chi connectivity index (χ0n) is 31.3. The Labute approximate surface area is 302 Å². The Morgan fingerprint density at radius 2 is 1.10 bits per heavy atom. The largest absolute Gasteiger partial charge is 0.367 e. The van der Waals surface area contributed by atoms with Crippen LogP contribution in [0.3, 0.4) is 0 Å². The summed E-state index contributed by atoms with van der Waals surface area (Å²) in [5.74, 6) is 3.91. The molecule has 0 saturated heterocycles. The number of hydrogen-bond acceptors (Lipinski definition) is 0. The van der Waals surface area contributed by atoms with Gasteiger partial charge in [-0.2, -0.15) is 0 Å². The van der Waals surface area contributed by atoms with Gasteiger partial charge >= 0.3 is 0 Å². The summed E-state index contributed by atoms with van der Waals surface area (Å²) in [5, 5.41) is 4.82. The highest BCUT2D eigenvalue weighted by atomic mass is 31.1. The van der Waals surface area contributed by atoms with Crippen LogP contribution in [0.25, 0.3) is 0 Å². The van der Waals surface area contributed by atoms with E-state index in [1.54, 1.807) is 11.1 Å². The van der Waals surface area contributed by atoms with Crippen molar-refractivity contribution in [1.82, 2.24) is 9.97 Å². The molecule has 0 spiro atoms. The zero-order chi connectivity index (χ0) is 33.9. The second-order valence-electron chi connectivity index (χ2n) is 20.7. The average molecular weight is 713 g/mol. The number of nitrogens with one attached hydrogen (secondary N) is 2. The van der Waals surface area contributed by atoms with Crippen LogP contribution in [0.1, 0.15) is 135 Å². The molecule has 264 valence electrons. The molecule has 6 atom stereocenters. The van der Waals surface area contributed by atoms with Crippen LogP contribution in [0.2, 0.25) is 0 Å².